The zero-order valence-corrected chi connectivity index (χ0v) is 15.0. The van der Waals surface area contributed by atoms with E-state index >= 15 is 0 Å². The molecule has 126 valence electrons. The van der Waals surface area contributed by atoms with E-state index in [1.54, 1.807) is 24.3 Å². The predicted octanol–water partition coefficient (Wildman–Crippen LogP) is 3.91. The summed E-state index contributed by atoms with van der Waals surface area (Å²) in [5.74, 6) is 0.841. The van der Waals surface area contributed by atoms with Crippen LogP contribution in [0.4, 0.5) is 0 Å². The molecule has 1 aliphatic rings. The molecule has 0 saturated heterocycles. The maximum atomic E-state index is 12.2. The van der Waals surface area contributed by atoms with E-state index in [4.69, 9.17) is 12.2 Å². The minimum absolute atomic E-state index is 0.243. The molecular weight excluding hydrogens is 318 g/mol. The van der Waals surface area contributed by atoms with Gasteiger partial charge in [0.2, 0.25) is 0 Å². The van der Waals surface area contributed by atoms with Gasteiger partial charge in [-0.2, -0.15) is 5.26 Å². The van der Waals surface area contributed by atoms with Gasteiger partial charge < -0.3 is 5.32 Å². The van der Waals surface area contributed by atoms with Crippen LogP contribution in [0, 0.1) is 23.2 Å². The monoisotopic (exact) mass is 341 g/mol. The van der Waals surface area contributed by atoms with Crippen molar-refractivity contribution in [3.8, 4) is 6.07 Å². The Hall–Kier alpha value is -2.19. The fraction of sp³-hybridized carbons (Fsp3) is 0.421. The van der Waals surface area contributed by atoms with E-state index in [-0.39, 0.29) is 11.0 Å². The summed E-state index contributed by atoms with van der Waals surface area (Å²) in [5.41, 5.74) is 2.14. The maximum absolute atomic E-state index is 12.2. The van der Waals surface area contributed by atoms with Gasteiger partial charge in [-0.25, -0.2) is 0 Å². The van der Waals surface area contributed by atoms with Crippen LogP contribution in [-0.2, 0) is 0 Å². The maximum Gasteiger partial charge on any atom is 0.257 e. The fourth-order valence-electron chi connectivity index (χ4n) is 3.08. The first kappa shape index (κ1) is 18.2. The van der Waals surface area contributed by atoms with Gasteiger partial charge >= 0.3 is 0 Å². The third-order valence-electron chi connectivity index (χ3n) is 4.27. The van der Waals surface area contributed by atoms with E-state index in [2.05, 4.69) is 30.6 Å². The second-order valence-electron chi connectivity index (χ2n) is 6.53. The summed E-state index contributed by atoms with van der Waals surface area (Å²) in [6.07, 6.45) is 3.66. The van der Waals surface area contributed by atoms with E-state index in [0.29, 0.717) is 17.4 Å². The Labute approximate surface area is 148 Å². The van der Waals surface area contributed by atoms with Crippen LogP contribution >= 0.6 is 12.2 Å². The Kier molecular flexibility index (Phi) is 6.51. The van der Waals surface area contributed by atoms with Gasteiger partial charge in [0.05, 0.1) is 6.07 Å². The average molecular weight is 341 g/mol. The highest BCUT2D eigenvalue weighted by Gasteiger charge is 2.19. The third kappa shape index (κ3) is 5.17. The van der Waals surface area contributed by atoms with Gasteiger partial charge in [0, 0.05) is 16.8 Å². The number of thiocarbonyl (C=S) groups is 1. The molecule has 2 atom stereocenters. The number of hydrogen-bond acceptors (Lipinski definition) is 3. The molecule has 1 amide bonds. The minimum atomic E-state index is -0.250. The zero-order valence-electron chi connectivity index (χ0n) is 14.1. The van der Waals surface area contributed by atoms with Crippen LogP contribution in [0.5, 0.6) is 0 Å². The summed E-state index contributed by atoms with van der Waals surface area (Å²) in [5, 5.41) is 15.5. The first-order valence-corrected chi connectivity index (χ1v) is 8.70. The third-order valence-corrected chi connectivity index (χ3v) is 4.48. The quantitative estimate of drug-likeness (QED) is 0.800. The van der Waals surface area contributed by atoms with E-state index in [1.165, 1.54) is 0 Å². The Balaban J connectivity index is 2.06. The fourth-order valence-corrected chi connectivity index (χ4v) is 3.30. The smallest absolute Gasteiger partial charge is 0.257 e. The molecule has 0 bridgehead atoms. The molecule has 2 unspecified atom stereocenters. The summed E-state index contributed by atoms with van der Waals surface area (Å²) in [6, 6.07) is 11.2. The van der Waals surface area contributed by atoms with Crippen molar-refractivity contribution < 1.29 is 4.79 Å². The highest BCUT2D eigenvalue weighted by atomic mass is 32.1. The van der Waals surface area contributed by atoms with Gasteiger partial charge in [-0.1, -0.05) is 32.0 Å². The lowest BCUT2D eigenvalue weighted by atomic mass is 9.85. The van der Waals surface area contributed by atoms with Crippen LogP contribution in [-0.4, -0.2) is 11.0 Å². The molecule has 1 aliphatic carbocycles. The topological polar surface area (TPSA) is 64.9 Å². The number of benzene rings is 1. The second-order valence-corrected chi connectivity index (χ2v) is 6.94. The molecule has 0 radical (unpaired) electrons. The number of nitrogens with one attached hydrogen (secondary N) is 2. The summed E-state index contributed by atoms with van der Waals surface area (Å²) in [7, 11) is 0. The molecular formula is C19H23N3OS. The van der Waals surface area contributed by atoms with Crippen molar-refractivity contribution in [3.05, 3.63) is 47.2 Å². The molecule has 0 saturated carbocycles. The van der Waals surface area contributed by atoms with Gasteiger partial charge in [-0.3, -0.25) is 10.1 Å². The largest absolute Gasteiger partial charge is 0.335 e. The van der Waals surface area contributed by atoms with Crippen LogP contribution in [0.2, 0.25) is 0 Å². The molecule has 24 heavy (non-hydrogen) atoms. The molecule has 5 heteroatoms. The van der Waals surface area contributed by atoms with Crippen LogP contribution in [0.3, 0.4) is 0 Å². The Morgan fingerprint density at radius 3 is 2.62 bits per heavy atom. The number of nitrogens with zero attached hydrogens (tertiary/aromatic N) is 1. The Bertz CT molecular complexity index is 676. The van der Waals surface area contributed by atoms with Crippen LogP contribution in [0.25, 0.3) is 0 Å². The van der Waals surface area contributed by atoms with E-state index < -0.39 is 0 Å². The molecule has 0 aromatic heterocycles. The number of allylic oxidation sites excluding steroid dienone is 2. The van der Waals surface area contributed by atoms with Crippen molar-refractivity contribution in [3.63, 3.8) is 0 Å². The number of carbonyl (C=O) groups excluding carboxylic acids is 1. The Morgan fingerprint density at radius 1 is 1.25 bits per heavy atom. The van der Waals surface area contributed by atoms with Crippen LogP contribution < -0.4 is 10.6 Å². The van der Waals surface area contributed by atoms with Crippen LogP contribution in [0.15, 0.2) is 41.6 Å². The first-order valence-electron chi connectivity index (χ1n) is 8.29. The van der Waals surface area contributed by atoms with Crippen LogP contribution in [0.1, 0.15) is 49.9 Å². The van der Waals surface area contributed by atoms with Crippen molar-refractivity contribution in [2.45, 2.75) is 39.5 Å². The molecule has 1 aromatic rings. The lowest BCUT2D eigenvalue weighted by molar-refractivity contribution is 0.0977. The number of hydrogen-bond donors (Lipinski definition) is 2. The van der Waals surface area contributed by atoms with Gasteiger partial charge in [-0.15, -0.1) is 0 Å². The number of nitriles is 1. The molecule has 0 spiro atoms. The van der Waals surface area contributed by atoms with Gasteiger partial charge in [-0.05, 0) is 61.9 Å². The zero-order chi connectivity index (χ0) is 17.5. The lowest BCUT2D eigenvalue weighted by Gasteiger charge is -2.24. The van der Waals surface area contributed by atoms with E-state index in [1.807, 2.05) is 6.07 Å². The first-order chi connectivity index (χ1) is 11.5. The number of amides is 1. The molecule has 4 nitrogen and oxygen atoms in total. The summed E-state index contributed by atoms with van der Waals surface area (Å²) in [4.78, 5) is 12.2. The molecule has 0 aliphatic heterocycles. The standard InChI is InChI=1S/C19H23N3OS/c1-13-8-9-16(12-20)17(11-14(2)10-13)21-19(24)22-18(23)15-6-4-3-5-7-15/h3-7,13-14H,8-11H2,1-2H3,(H2,21,22,23,24)/b17-16-. The van der Waals surface area contributed by atoms with Crippen molar-refractivity contribution in [2.24, 2.45) is 11.8 Å². The summed E-state index contributed by atoms with van der Waals surface area (Å²) < 4.78 is 0. The summed E-state index contributed by atoms with van der Waals surface area (Å²) >= 11 is 5.27. The van der Waals surface area contributed by atoms with E-state index in [9.17, 15) is 10.1 Å². The molecule has 0 heterocycles. The van der Waals surface area contributed by atoms with Gasteiger partial charge in [0.15, 0.2) is 5.11 Å². The second kappa shape index (κ2) is 8.60. The SMILES string of the molecule is CC1CC/C(C#N)=C(/NC(=S)NC(=O)c2ccccc2)CC(C)C1. The predicted molar refractivity (Wildman–Crippen MR) is 99.1 cm³/mol. The molecule has 1 aromatic carbocycles. The molecule has 0 fully saturated rings. The highest BCUT2D eigenvalue weighted by molar-refractivity contribution is 7.80. The average Bonchev–Trinajstić information content (AvgIpc) is 2.54. The Morgan fingerprint density at radius 2 is 1.96 bits per heavy atom. The van der Waals surface area contributed by atoms with Gasteiger partial charge in [0.1, 0.15) is 0 Å². The van der Waals surface area contributed by atoms with E-state index in [0.717, 1.165) is 37.0 Å². The molecule has 2 rings (SSSR count). The van der Waals surface area contributed by atoms with Crippen molar-refractivity contribution in [1.82, 2.24) is 10.6 Å². The molecule has 2 N–H and O–H groups in total. The highest BCUT2D eigenvalue weighted by Crippen LogP contribution is 2.28. The number of rotatable bonds is 2. The minimum Gasteiger partial charge on any atom is -0.335 e. The normalized spacial score (nSPS) is 24.2. The summed E-state index contributed by atoms with van der Waals surface area (Å²) in [6.45, 7) is 4.42. The number of carbonyl (C=O) groups is 1. The lowest BCUT2D eigenvalue weighted by Crippen LogP contribution is -2.39. The van der Waals surface area contributed by atoms with Crippen molar-refractivity contribution >= 4 is 23.2 Å². The van der Waals surface area contributed by atoms with Gasteiger partial charge in [0.25, 0.3) is 5.91 Å². The van der Waals surface area contributed by atoms with Crippen molar-refractivity contribution in [1.29, 1.82) is 5.26 Å². The van der Waals surface area contributed by atoms with Crippen molar-refractivity contribution in [2.75, 3.05) is 0 Å².